The third-order valence-corrected chi connectivity index (χ3v) is 7.35. The molecule has 28 heavy (non-hydrogen) atoms. The average Bonchev–Trinajstić information content (AvgIpc) is 2.67. The molecule has 6 rings (SSSR count). The lowest BCUT2D eigenvalue weighted by atomic mass is 9.50. The maximum absolute atomic E-state index is 12.9. The summed E-state index contributed by atoms with van der Waals surface area (Å²) in [7, 11) is 0. The zero-order valence-electron chi connectivity index (χ0n) is 16.5. The van der Waals surface area contributed by atoms with Gasteiger partial charge in [-0.1, -0.05) is 6.07 Å². The summed E-state index contributed by atoms with van der Waals surface area (Å²) in [4.78, 5) is 32.0. The number of aromatic nitrogens is 1. The number of nitrogens with one attached hydrogen (secondary N) is 2. The van der Waals surface area contributed by atoms with Gasteiger partial charge in [0.2, 0.25) is 0 Å². The molecule has 2 unspecified atom stereocenters. The van der Waals surface area contributed by atoms with Gasteiger partial charge in [0.05, 0.1) is 0 Å². The van der Waals surface area contributed by atoms with E-state index in [0.717, 1.165) is 58.0 Å². The van der Waals surface area contributed by atoms with Gasteiger partial charge in [0.25, 0.3) is 5.91 Å². The molecule has 4 aliphatic carbocycles. The fourth-order valence-electron chi connectivity index (χ4n) is 6.76. The van der Waals surface area contributed by atoms with Gasteiger partial charge in [-0.3, -0.25) is 9.78 Å². The van der Waals surface area contributed by atoms with Crippen molar-refractivity contribution in [2.24, 2.45) is 11.8 Å². The maximum atomic E-state index is 12.9. The lowest BCUT2D eigenvalue weighted by Crippen LogP contribution is -2.70. The number of rotatable bonds is 3. The maximum Gasteiger partial charge on any atom is 0.317 e. The highest BCUT2D eigenvalue weighted by molar-refractivity contribution is 5.92. The second-order valence-electron chi connectivity index (χ2n) is 9.67. The minimum absolute atomic E-state index is 0.0833. The topological polar surface area (TPSA) is 74.3 Å². The first-order chi connectivity index (χ1) is 13.5. The number of carbonyl (C=O) groups excluding carboxylic acids is 2. The normalized spacial score (nSPS) is 36.2. The lowest BCUT2D eigenvalue weighted by molar-refractivity contribution is -0.0447. The van der Waals surface area contributed by atoms with Gasteiger partial charge in [0.15, 0.2) is 0 Å². The third-order valence-electron chi connectivity index (χ3n) is 7.35. The van der Waals surface area contributed by atoms with Gasteiger partial charge in [-0.2, -0.15) is 0 Å². The Bertz CT molecular complexity index is 745. The summed E-state index contributed by atoms with van der Waals surface area (Å²) in [5.74, 6) is 1.10. The molecular weight excluding hydrogens is 352 g/mol. The zero-order valence-corrected chi connectivity index (χ0v) is 16.5. The van der Waals surface area contributed by atoms with Gasteiger partial charge in [-0.05, 0) is 81.8 Å². The number of carbonyl (C=O) groups is 2. The SMILES string of the molecule is O=C(NC12CC3CC(C1)CC(NC(=O)N1CCCCC1)(C3)C2)c1ccccn1. The van der Waals surface area contributed by atoms with Crippen LogP contribution in [0.25, 0.3) is 0 Å². The second kappa shape index (κ2) is 6.75. The molecule has 4 saturated carbocycles. The summed E-state index contributed by atoms with van der Waals surface area (Å²) in [6, 6.07) is 5.55. The fourth-order valence-corrected chi connectivity index (χ4v) is 6.76. The van der Waals surface area contributed by atoms with Crippen LogP contribution in [0.15, 0.2) is 24.4 Å². The van der Waals surface area contributed by atoms with Crippen molar-refractivity contribution < 1.29 is 9.59 Å². The first kappa shape index (κ1) is 18.0. The number of amides is 3. The molecule has 1 aromatic heterocycles. The van der Waals surface area contributed by atoms with Crippen LogP contribution < -0.4 is 10.6 Å². The van der Waals surface area contributed by atoms with E-state index < -0.39 is 0 Å². The van der Waals surface area contributed by atoms with Crippen LogP contribution in [-0.4, -0.2) is 46.0 Å². The monoisotopic (exact) mass is 382 g/mol. The molecule has 2 atom stereocenters. The Kier molecular flexibility index (Phi) is 4.33. The van der Waals surface area contributed by atoms with Crippen molar-refractivity contribution in [2.45, 2.75) is 68.9 Å². The largest absolute Gasteiger partial charge is 0.345 e. The van der Waals surface area contributed by atoms with Crippen molar-refractivity contribution in [3.8, 4) is 0 Å². The Hall–Kier alpha value is -2.11. The van der Waals surface area contributed by atoms with Gasteiger partial charge in [0, 0.05) is 30.4 Å². The van der Waals surface area contributed by atoms with Crippen LogP contribution >= 0.6 is 0 Å². The van der Waals surface area contributed by atoms with E-state index in [-0.39, 0.29) is 23.0 Å². The van der Waals surface area contributed by atoms with Crippen LogP contribution in [0.3, 0.4) is 0 Å². The van der Waals surface area contributed by atoms with E-state index in [1.807, 2.05) is 17.0 Å². The molecule has 1 saturated heterocycles. The molecule has 5 fully saturated rings. The molecule has 0 aromatic carbocycles. The predicted octanol–water partition coefficient (Wildman–Crippen LogP) is 3.10. The number of nitrogens with zero attached hydrogens (tertiary/aromatic N) is 2. The van der Waals surface area contributed by atoms with Crippen LogP contribution in [0.1, 0.15) is 68.3 Å². The van der Waals surface area contributed by atoms with E-state index >= 15 is 0 Å². The number of pyridine rings is 1. The zero-order chi connectivity index (χ0) is 19.2. The first-order valence-electron chi connectivity index (χ1n) is 10.9. The standard InChI is InChI=1S/C22H30N4O2/c27-19(18-6-2-3-7-23-18)24-21-11-16-10-17(12-21)14-22(13-16,15-21)25-20(28)26-8-4-1-5-9-26/h2-3,6-7,16-17H,1,4-5,8-15H2,(H,24,27)(H,25,28). The van der Waals surface area contributed by atoms with Crippen LogP contribution in [0.5, 0.6) is 0 Å². The number of likely N-dealkylation sites (tertiary alicyclic amines) is 1. The summed E-state index contributed by atoms with van der Waals surface area (Å²) in [5.41, 5.74) is 0.119. The molecule has 6 nitrogen and oxygen atoms in total. The minimum atomic E-state index is -0.201. The highest BCUT2D eigenvalue weighted by Crippen LogP contribution is 2.57. The summed E-state index contributed by atoms with van der Waals surface area (Å²) in [6.45, 7) is 1.74. The smallest absolute Gasteiger partial charge is 0.317 e. The van der Waals surface area contributed by atoms with Crippen LogP contribution in [0.4, 0.5) is 4.79 Å². The molecule has 0 spiro atoms. The lowest BCUT2D eigenvalue weighted by Gasteiger charge is -2.62. The fraction of sp³-hybridized carbons (Fsp3) is 0.682. The van der Waals surface area contributed by atoms with E-state index in [9.17, 15) is 9.59 Å². The molecule has 4 bridgehead atoms. The first-order valence-corrected chi connectivity index (χ1v) is 10.9. The summed E-state index contributed by atoms with van der Waals surface area (Å²) in [5, 5.41) is 6.80. The molecule has 2 N–H and O–H groups in total. The van der Waals surface area contributed by atoms with Crippen molar-refractivity contribution >= 4 is 11.9 Å². The van der Waals surface area contributed by atoms with Crippen molar-refractivity contribution in [2.75, 3.05) is 13.1 Å². The predicted molar refractivity (Wildman–Crippen MR) is 106 cm³/mol. The number of hydrogen-bond acceptors (Lipinski definition) is 3. The summed E-state index contributed by atoms with van der Waals surface area (Å²) < 4.78 is 0. The molecular formula is C22H30N4O2. The van der Waals surface area contributed by atoms with Gasteiger partial charge >= 0.3 is 6.03 Å². The van der Waals surface area contributed by atoms with E-state index in [0.29, 0.717) is 17.5 Å². The molecule has 1 aromatic rings. The van der Waals surface area contributed by atoms with Gasteiger partial charge < -0.3 is 15.5 Å². The van der Waals surface area contributed by atoms with E-state index in [1.54, 1.807) is 12.3 Å². The quantitative estimate of drug-likeness (QED) is 0.844. The second-order valence-corrected chi connectivity index (χ2v) is 9.67. The van der Waals surface area contributed by atoms with Crippen LogP contribution in [0.2, 0.25) is 0 Å². The van der Waals surface area contributed by atoms with Crippen molar-refractivity contribution in [1.29, 1.82) is 0 Å². The van der Waals surface area contributed by atoms with Crippen molar-refractivity contribution in [3.05, 3.63) is 30.1 Å². The Morgan fingerprint density at radius 1 is 0.964 bits per heavy atom. The van der Waals surface area contributed by atoms with Crippen LogP contribution in [0, 0.1) is 11.8 Å². The van der Waals surface area contributed by atoms with E-state index in [1.165, 1.54) is 12.8 Å². The average molecular weight is 383 g/mol. The van der Waals surface area contributed by atoms with Gasteiger partial charge in [-0.15, -0.1) is 0 Å². The summed E-state index contributed by atoms with van der Waals surface area (Å²) >= 11 is 0. The molecule has 5 aliphatic rings. The number of piperidine rings is 1. The molecule has 150 valence electrons. The van der Waals surface area contributed by atoms with E-state index in [2.05, 4.69) is 15.6 Å². The Balaban J connectivity index is 1.33. The number of urea groups is 1. The number of hydrogen-bond donors (Lipinski definition) is 2. The third kappa shape index (κ3) is 3.27. The summed E-state index contributed by atoms with van der Waals surface area (Å²) in [6.07, 6.45) is 11.4. The Morgan fingerprint density at radius 3 is 2.29 bits per heavy atom. The minimum Gasteiger partial charge on any atom is -0.345 e. The highest BCUT2D eigenvalue weighted by Gasteiger charge is 2.59. The van der Waals surface area contributed by atoms with Gasteiger partial charge in [-0.25, -0.2) is 4.79 Å². The molecule has 1 aliphatic heterocycles. The molecule has 6 heteroatoms. The Labute approximate surface area is 166 Å². The highest BCUT2D eigenvalue weighted by atomic mass is 16.2. The van der Waals surface area contributed by atoms with Crippen LogP contribution in [-0.2, 0) is 0 Å². The Morgan fingerprint density at radius 2 is 1.64 bits per heavy atom. The van der Waals surface area contributed by atoms with Crippen molar-refractivity contribution in [1.82, 2.24) is 20.5 Å². The molecule has 3 amide bonds. The van der Waals surface area contributed by atoms with Crippen molar-refractivity contribution in [3.63, 3.8) is 0 Å². The van der Waals surface area contributed by atoms with Gasteiger partial charge in [0.1, 0.15) is 5.69 Å². The van der Waals surface area contributed by atoms with E-state index in [4.69, 9.17) is 0 Å². The molecule has 0 radical (unpaired) electrons. The molecule has 2 heterocycles.